The van der Waals surface area contributed by atoms with Crippen molar-refractivity contribution in [1.82, 2.24) is 4.98 Å². The van der Waals surface area contributed by atoms with Crippen LogP contribution >= 0.6 is 0 Å². The Morgan fingerprint density at radius 3 is 2.26 bits per heavy atom. The highest BCUT2D eigenvalue weighted by atomic mass is 16.5. The van der Waals surface area contributed by atoms with Crippen LogP contribution in [0.1, 0.15) is 22.3 Å². The second-order valence-corrected chi connectivity index (χ2v) is 7.94. The number of benzene rings is 3. The first kappa shape index (κ1) is 23.5. The van der Waals surface area contributed by atoms with Gasteiger partial charge in [0.1, 0.15) is 6.61 Å². The van der Waals surface area contributed by atoms with E-state index < -0.39 is 0 Å². The van der Waals surface area contributed by atoms with Gasteiger partial charge in [-0.05, 0) is 64.4 Å². The van der Waals surface area contributed by atoms with Crippen LogP contribution in [0.15, 0.2) is 65.5 Å². The fourth-order valence-electron chi connectivity index (χ4n) is 4.03. The Balaban J connectivity index is 1.83. The van der Waals surface area contributed by atoms with Crippen molar-refractivity contribution >= 4 is 10.8 Å². The Labute approximate surface area is 196 Å². The molecule has 0 saturated carbocycles. The lowest BCUT2D eigenvalue weighted by Gasteiger charge is -2.17. The van der Waals surface area contributed by atoms with Gasteiger partial charge in [-0.1, -0.05) is 30.3 Å². The molecular formula is C27H27NO6. The van der Waals surface area contributed by atoms with E-state index >= 15 is 0 Å². The first-order valence-electron chi connectivity index (χ1n) is 11.0. The van der Waals surface area contributed by atoms with Crippen LogP contribution in [0.4, 0.5) is 0 Å². The number of aromatic amines is 1. The first-order valence-corrected chi connectivity index (χ1v) is 11.0. The van der Waals surface area contributed by atoms with Gasteiger partial charge in [0.05, 0.1) is 20.3 Å². The summed E-state index contributed by atoms with van der Waals surface area (Å²) < 4.78 is 11.6. The molecule has 0 aliphatic carbocycles. The average molecular weight is 462 g/mol. The predicted octanol–water partition coefficient (Wildman–Crippen LogP) is 3.30. The maximum Gasteiger partial charge on any atom is 0.256 e. The number of ether oxygens (including phenoxy) is 2. The van der Waals surface area contributed by atoms with Crippen molar-refractivity contribution < 1.29 is 24.8 Å². The maximum atomic E-state index is 12.9. The van der Waals surface area contributed by atoms with E-state index in [2.05, 4.69) is 4.98 Å². The van der Waals surface area contributed by atoms with Crippen molar-refractivity contribution in [2.75, 3.05) is 13.7 Å². The molecule has 3 aromatic carbocycles. The number of hydrogen-bond donors (Lipinski definition) is 4. The number of nitrogens with one attached hydrogen (secondary N) is 1. The van der Waals surface area contributed by atoms with Gasteiger partial charge in [0.2, 0.25) is 0 Å². The minimum atomic E-state index is -0.316. The molecule has 7 heteroatoms. The Morgan fingerprint density at radius 1 is 0.853 bits per heavy atom. The third-order valence-electron chi connectivity index (χ3n) is 5.80. The van der Waals surface area contributed by atoms with E-state index in [1.807, 2.05) is 42.5 Å². The molecule has 0 aliphatic heterocycles. The number of aromatic nitrogens is 1. The number of aliphatic hydroxyl groups excluding tert-OH is 3. The van der Waals surface area contributed by atoms with E-state index in [1.165, 1.54) is 0 Å². The van der Waals surface area contributed by atoms with Crippen molar-refractivity contribution in [3.8, 4) is 22.8 Å². The van der Waals surface area contributed by atoms with Crippen LogP contribution in [0.25, 0.3) is 22.0 Å². The van der Waals surface area contributed by atoms with E-state index in [0.717, 1.165) is 11.1 Å². The van der Waals surface area contributed by atoms with Gasteiger partial charge in [-0.15, -0.1) is 0 Å². The Bertz CT molecular complexity index is 1350. The van der Waals surface area contributed by atoms with Crippen LogP contribution < -0.4 is 15.0 Å². The fourth-order valence-corrected chi connectivity index (χ4v) is 4.03. The Kier molecular flexibility index (Phi) is 7.27. The first-order chi connectivity index (χ1) is 16.6. The maximum absolute atomic E-state index is 12.9. The molecule has 0 atom stereocenters. The molecule has 4 aromatic rings. The molecule has 0 bridgehead atoms. The predicted molar refractivity (Wildman–Crippen MR) is 130 cm³/mol. The van der Waals surface area contributed by atoms with Crippen molar-refractivity contribution in [1.29, 1.82) is 0 Å². The summed E-state index contributed by atoms with van der Waals surface area (Å²) in [6.45, 7) is -0.251. The van der Waals surface area contributed by atoms with Gasteiger partial charge in [-0.25, -0.2) is 0 Å². The molecule has 0 spiro atoms. The Hall–Kier alpha value is -3.65. The number of hydrogen-bond acceptors (Lipinski definition) is 6. The number of aliphatic hydroxyl groups is 3. The third-order valence-corrected chi connectivity index (χ3v) is 5.80. The topological polar surface area (TPSA) is 112 Å². The second kappa shape index (κ2) is 10.5. The summed E-state index contributed by atoms with van der Waals surface area (Å²) >= 11 is 0. The molecule has 0 unspecified atom stereocenters. The molecule has 34 heavy (non-hydrogen) atoms. The lowest BCUT2D eigenvalue weighted by Crippen LogP contribution is -2.10. The van der Waals surface area contributed by atoms with E-state index in [-0.39, 0.29) is 25.4 Å². The molecule has 1 heterocycles. The number of methoxy groups -OCH3 is 1. The largest absolute Gasteiger partial charge is 0.493 e. The van der Waals surface area contributed by atoms with Gasteiger partial charge in [-0.2, -0.15) is 0 Å². The van der Waals surface area contributed by atoms with E-state index in [0.29, 0.717) is 57.7 Å². The van der Waals surface area contributed by atoms with Crippen LogP contribution in [-0.2, 0) is 26.2 Å². The molecule has 176 valence electrons. The summed E-state index contributed by atoms with van der Waals surface area (Å²) in [5.41, 5.74) is 3.79. The van der Waals surface area contributed by atoms with Gasteiger partial charge in [-0.3, -0.25) is 4.79 Å². The highest BCUT2D eigenvalue weighted by Crippen LogP contribution is 2.36. The van der Waals surface area contributed by atoms with Gasteiger partial charge in [0.15, 0.2) is 11.5 Å². The zero-order chi connectivity index (χ0) is 24.1. The quantitative estimate of drug-likeness (QED) is 0.304. The van der Waals surface area contributed by atoms with E-state index in [1.54, 1.807) is 25.3 Å². The molecule has 0 amide bonds. The zero-order valence-corrected chi connectivity index (χ0v) is 18.9. The summed E-state index contributed by atoms with van der Waals surface area (Å²) in [6, 6.07) is 18.5. The number of rotatable bonds is 9. The number of pyridine rings is 1. The monoisotopic (exact) mass is 461 g/mol. The van der Waals surface area contributed by atoms with Gasteiger partial charge >= 0.3 is 0 Å². The average Bonchev–Trinajstić information content (AvgIpc) is 2.87. The molecular weight excluding hydrogens is 434 g/mol. The molecule has 4 N–H and O–H groups in total. The highest BCUT2D eigenvalue weighted by Gasteiger charge is 2.16. The molecule has 1 aromatic heterocycles. The molecule has 0 saturated heterocycles. The summed E-state index contributed by atoms with van der Waals surface area (Å²) in [7, 11) is 1.56. The van der Waals surface area contributed by atoms with Crippen LogP contribution in [-0.4, -0.2) is 34.0 Å². The second-order valence-electron chi connectivity index (χ2n) is 7.94. The summed E-state index contributed by atoms with van der Waals surface area (Å²) in [4.78, 5) is 15.8. The van der Waals surface area contributed by atoms with Crippen molar-refractivity contribution in [2.24, 2.45) is 0 Å². The third kappa shape index (κ3) is 4.82. The van der Waals surface area contributed by atoms with Gasteiger partial charge < -0.3 is 29.8 Å². The molecule has 7 nitrogen and oxygen atoms in total. The van der Waals surface area contributed by atoms with Gasteiger partial charge in [0, 0.05) is 23.3 Å². The van der Waals surface area contributed by atoms with Crippen LogP contribution in [0.2, 0.25) is 0 Å². The lowest BCUT2D eigenvalue weighted by atomic mass is 9.97. The zero-order valence-electron chi connectivity index (χ0n) is 18.9. The number of H-pyrrole nitrogens is 1. The minimum absolute atomic E-state index is 0.0767. The molecule has 0 fully saturated rings. The van der Waals surface area contributed by atoms with Crippen LogP contribution in [0.3, 0.4) is 0 Å². The normalized spacial score (nSPS) is 11.1. The molecule has 0 aliphatic rings. The molecule has 4 rings (SSSR count). The smallest absolute Gasteiger partial charge is 0.256 e. The van der Waals surface area contributed by atoms with Crippen LogP contribution in [0, 0.1) is 0 Å². The van der Waals surface area contributed by atoms with Crippen molar-refractivity contribution in [3.05, 3.63) is 93.3 Å². The Morgan fingerprint density at radius 2 is 1.59 bits per heavy atom. The van der Waals surface area contributed by atoms with E-state index in [9.17, 15) is 20.1 Å². The summed E-state index contributed by atoms with van der Waals surface area (Å²) in [5, 5.41) is 29.9. The van der Waals surface area contributed by atoms with Crippen molar-refractivity contribution in [3.63, 3.8) is 0 Å². The highest BCUT2D eigenvalue weighted by molar-refractivity contribution is 5.87. The summed E-state index contributed by atoms with van der Waals surface area (Å²) in [6.07, 6.45) is 0.357. The fraction of sp³-hybridized carbons (Fsp3) is 0.222. The van der Waals surface area contributed by atoms with E-state index in [4.69, 9.17) is 9.47 Å². The number of fused-ring (bicyclic) bond motifs is 1. The lowest BCUT2D eigenvalue weighted by molar-refractivity contribution is 0.260. The SMILES string of the molecule is COc1cc(CCO)c(-c2cc3cc(CO)c(CO)cc3c(=O)[nH]2)cc1OCc1ccccc1. The van der Waals surface area contributed by atoms with Crippen LogP contribution in [0.5, 0.6) is 11.5 Å². The standard InChI is InChI=1S/C27H27NO6/c1-33-25-12-18(7-8-29)22(13-26(25)34-16-17-5-3-2-4-6-17)24-11-19-9-20(14-30)21(15-31)10-23(19)27(32)28-24/h2-6,9-13,29-31H,7-8,14-16H2,1H3,(H,28,32). The minimum Gasteiger partial charge on any atom is -0.493 e. The summed E-state index contributed by atoms with van der Waals surface area (Å²) in [5.74, 6) is 1.04. The van der Waals surface area contributed by atoms with Crippen molar-refractivity contribution in [2.45, 2.75) is 26.2 Å². The molecule has 0 radical (unpaired) electrons. The van der Waals surface area contributed by atoms with Gasteiger partial charge in [0.25, 0.3) is 5.56 Å².